The van der Waals surface area contributed by atoms with Crippen LogP contribution in [0.25, 0.3) is 0 Å². The molecule has 0 unspecified atom stereocenters. The minimum atomic E-state index is -0.262. The van der Waals surface area contributed by atoms with Crippen molar-refractivity contribution in [3.63, 3.8) is 0 Å². The van der Waals surface area contributed by atoms with E-state index in [0.29, 0.717) is 22.2 Å². The van der Waals surface area contributed by atoms with Crippen LogP contribution >= 0.6 is 23.2 Å². The van der Waals surface area contributed by atoms with Crippen molar-refractivity contribution in [3.8, 4) is 5.75 Å². The number of hydrogen-bond acceptors (Lipinski definition) is 4. The summed E-state index contributed by atoms with van der Waals surface area (Å²) in [5.74, 6) is 0.278. The van der Waals surface area contributed by atoms with Crippen LogP contribution in [0.15, 0.2) is 47.6 Å². The Balaban J connectivity index is 1.68. The van der Waals surface area contributed by atoms with Crippen LogP contribution in [-0.2, 0) is 9.59 Å². The molecule has 8 heteroatoms. The lowest BCUT2D eigenvalue weighted by Gasteiger charge is -2.06. The Hall–Kier alpha value is -2.57. The number of carbonyl (C=O) groups is 2. The third-order valence-electron chi connectivity index (χ3n) is 3.53. The van der Waals surface area contributed by atoms with Crippen LogP contribution in [-0.4, -0.2) is 25.1 Å². The Morgan fingerprint density at radius 1 is 1.04 bits per heavy atom. The quantitative estimate of drug-likeness (QED) is 0.506. The minimum absolute atomic E-state index is 0.189. The van der Waals surface area contributed by atoms with E-state index < -0.39 is 0 Å². The van der Waals surface area contributed by atoms with E-state index in [1.807, 2.05) is 12.1 Å². The van der Waals surface area contributed by atoms with Crippen LogP contribution in [0.3, 0.4) is 0 Å². The van der Waals surface area contributed by atoms with Gasteiger partial charge in [-0.05, 0) is 54.4 Å². The standard InChI is InChI=1S/C19H19Cl2N3O3/c1-27-15-8-5-13(6-9-15)12-22-24-19(26)4-2-3-18(25)23-14-7-10-16(20)17(21)11-14/h5-12H,2-4H2,1H3,(H,23,25)(H,24,26)/b22-12-. The van der Waals surface area contributed by atoms with Crippen LogP contribution in [0.5, 0.6) is 5.75 Å². The van der Waals surface area contributed by atoms with Gasteiger partial charge in [-0.3, -0.25) is 9.59 Å². The first kappa shape index (κ1) is 20.7. The molecule has 0 heterocycles. The number of methoxy groups -OCH3 is 1. The molecule has 27 heavy (non-hydrogen) atoms. The smallest absolute Gasteiger partial charge is 0.240 e. The molecule has 0 aliphatic heterocycles. The highest BCUT2D eigenvalue weighted by molar-refractivity contribution is 6.42. The molecule has 0 saturated carbocycles. The van der Waals surface area contributed by atoms with E-state index in [1.54, 1.807) is 37.4 Å². The number of nitrogens with one attached hydrogen (secondary N) is 2. The lowest BCUT2D eigenvalue weighted by Crippen LogP contribution is -2.18. The van der Waals surface area contributed by atoms with E-state index in [4.69, 9.17) is 27.9 Å². The molecule has 6 nitrogen and oxygen atoms in total. The summed E-state index contributed by atoms with van der Waals surface area (Å²) in [4.78, 5) is 23.6. The molecule has 0 spiro atoms. The molecular weight excluding hydrogens is 389 g/mol. The number of anilines is 1. The van der Waals surface area contributed by atoms with Crippen LogP contribution in [0, 0.1) is 0 Å². The molecule has 0 fully saturated rings. The van der Waals surface area contributed by atoms with E-state index >= 15 is 0 Å². The third kappa shape index (κ3) is 7.29. The molecule has 2 aromatic rings. The Morgan fingerprint density at radius 3 is 2.41 bits per heavy atom. The van der Waals surface area contributed by atoms with Gasteiger partial charge in [-0.1, -0.05) is 23.2 Å². The second-order valence-corrected chi connectivity index (χ2v) is 6.41. The summed E-state index contributed by atoms with van der Waals surface area (Å²) in [5.41, 5.74) is 3.82. The summed E-state index contributed by atoms with van der Waals surface area (Å²) < 4.78 is 5.06. The van der Waals surface area contributed by atoms with Crippen molar-refractivity contribution < 1.29 is 14.3 Å². The van der Waals surface area contributed by atoms with Gasteiger partial charge in [0, 0.05) is 18.5 Å². The van der Waals surface area contributed by atoms with Crippen molar-refractivity contribution in [2.75, 3.05) is 12.4 Å². The fraction of sp³-hybridized carbons (Fsp3) is 0.211. The molecule has 0 radical (unpaired) electrons. The Morgan fingerprint density at radius 2 is 1.74 bits per heavy atom. The zero-order chi connectivity index (χ0) is 19.6. The molecular formula is C19H19Cl2N3O3. The number of hydrazone groups is 1. The molecule has 0 aromatic heterocycles. The van der Waals surface area contributed by atoms with Crippen molar-refractivity contribution >= 4 is 46.9 Å². The highest BCUT2D eigenvalue weighted by atomic mass is 35.5. The van der Waals surface area contributed by atoms with Crippen molar-refractivity contribution in [1.29, 1.82) is 0 Å². The molecule has 2 rings (SSSR count). The topological polar surface area (TPSA) is 79.8 Å². The van der Waals surface area contributed by atoms with Gasteiger partial charge in [0.2, 0.25) is 11.8 Å². The third-order valence-corrected chi connectivity index (χ3v) is 4.27. The predicted octanol–water partition coefficient (Wildman–Crippen LogP) is 4.26. The van der Waals surface area contributed by atoms with Crippen LogP contribution in [0.2, 0.25) is 10.0 Å². The summed E-state index contributed by atoms with van der Waals surface area (Å²) in [7, 11) is 1.59. The maximum absolute atomic E-state index is 11.9. The minimum Gasteiger partial charge on any atom is -0.497 e. The highest BCUT2D eigenvalue weighted by Crippen LogP contribution is 2.25. The number of halogens is 2. The van der Waals surface area contributed by atoms with Crippen molar-refractivity contribution in [2.45, 2.75) is 19.3 Å². The summed E-state index contributed by atoms with van der Waals surface area (Å²) in [6, 6.07) is 12.1. The molecule has 0 bridgehead atoms. The second kappa shape index (κ2) is 10.5. The highest BCUT2D eigenvalue weighted by Gasteiger charge is 2.06. The van der Waals surface area contributed by atoms with Crippen LogP contribution in [0.4, 0.5) is 5.69 Å². The van der Waals surface area contributed by atoms with E-state index in [1.165, 1.54) is 6.21 Å². The molecule has 0 aliphatic rings. The van der Waals surface area contributed by atoms with E-state index in [-0.39, 0.29) is 24.7 Å². The normalized spacial score (nSPS) is 10.6. The van der Waals surface area contributed by atoms with Gasteiger partial charge in [0.05, 0.1) is 23.4 Å². The average molecular weight is 408 g/mol. The number of amides is 2. The number of rotatable bonds is 8. The first-order valence-electron chi connectivity index (χ1n) is 8.19. The number of carbonyl (C=O) groups excluding carboxylic acids is 2. The lowest BCUT2D eigenvalue weighted by atomic mass is 10.2. The maximum atomic E-state index is 11.9. The van der Waals surface area contributed by atoms with Gasteiger partial charge < -0.3 is 10.1 Å². The maximum Gasteiger partial charge on any atom is 0.240 e. The predicted molar refractivity (Wildman–Crippen MR) is 108 cm³/mol. The first-order chi connectivity index (χ1) is 13.0. The number of hydrogen-bond donors (Lipinski definition) is 2. The van der Waals surface area contributed by atoms with Gasteiger partial charge in [-0.2, -0.15) is 5.10 Å². The number of nitrogens with zero attached hydrogens (tertiary/aromatic N) is 1. The van der Waals surface area contributed by atoms with E-state index in [0.717, 1.165) is 11.3 Å². The molecule has 0 saturated heterocycles. The molecule has 0 atom stereocenters. The van der Waals surface area contributed by atoms with Crippen LogP contribution in [0.1, 0.15) is 24.8 Å². The fourth-order valence-corrected chi connectivity index (χ4v) is 2.43. The van der Waals surface area contributed by atoms with Gasteiger partial charge in [-0.15, -0.1) is 0 Å². The zero-order valence-electron chi connectivity index (χ0n) is 14.7. The summed E-state index contributed by atoms with van der Waals surface area (Å²) in [5, 5.41) is 7.37. The summed E-state index contributed by atoms with van der Waals surface area (Å²) >= 11 is 11.7. The molecule has 2 amide bonds. The van der Waals surface area contributed by atoms with Crippen molar-refractivity contribution in [3.05, 3.63) is 58.1 Å². The monoisotopic (exact) mass is 407 g/mol. The van der Waals surface area contributed by atoms with Gasteiger partial charge in [0.1, 0.15) is 5.75 Å². The average Bonchev–Trinajstić information content (AvgIpc) is 2.65. The van der Waals surface area contributed by atoms with Crippen molar-refractivity contribution in [1.82, 2.24) is 5.43 Å². The molecule has 0 aliphatic carbocycles. The number of benzene rings is 2. The lowest BCUT2D eigenvalue weighted by molar-refractivity contribution is -0.121. The Bertz CT molecular complexity index is 823. The number of ether oxygens (including phenoxy) is 1. The zero-order valence-corrected chi connectivity index (χ0v) is 16.2. The fourth-order valence-electron chi connectivity index (χ4n) is 2.13. The Kier molecular flexibility index (Phi) is 8.10. The molecule has 2 aromatic carbocycles. The van der Waals surface area contributed by atoms with Gasteiger partial charge in [-0.25, -0.2) is 5.43 Å². The van der Waals surface area contributed by atoms with Crippen LogP contribution < -0.4 is 15.5 Å². The summed E-state index contributed by atoms with van der Waals surface area (Å²) in [6.45, 7) is 0. The molecule has 142 valence electrons. The second-order valence-electron chi connectivity index (χ2n) is 5.60. The van der Waals surface area contributed by atoms with Gasteiger partial charge in [0.25, 0.3) is 0 Å². The Labute approximate surface area is 167 Å². The first-order valence-corrected chi connectivity index (χ1v) is 8.94. The largest absolute Gasteiger partial charge is 0.497 e. The van der Waals surface area contributed by atoms with Gasteiger partial charge >= 0.3 is 0 Å². The SMILES string of the molecule is COc1ccc(/C=N\NC(=O)CCCC(=O)Nc2ccc(Cl)c(Cl)c2)cc1. The van der Waals surface area contributed by atoms with Crippen molar-refractivity contribution in [2.24, 2.45) is 5.10 Å². The van der Waals surface area contributed by atoms with E-state index in [9.17, 15) is 9.59 Å². The van der Waals surface area contributed by atoms with E-state index in [2.05, 4.69) is 15.8 Å². The summed E-state index contributed by atoms with van der Waals surface area (Å²) in [6.07, 6.45) is 2.33. The molecule has 2 N–H and O–H groups in total. The van der Waals surface area contributed by atoms with Gasteiger partial charge in [0.15, 0.2) is 0 Å².